The van der Waals surface area contributed by atoms with Crippen LogP contribution in [0.25, 0.3) is 11.1 Å². The van der Waals surface area contributed by atoms with Gasteiger partial charge in [0.1, 0.15) is 11.1 Å². The first-order chi connectivity index (χ1) is 17.5. The summed E-state index contributed by atoms with van der Waals surface area (Å²) in [4.78, 5) is 23.7. The van der Waals surface area contributed by atoms with Gasteiger partial charge >= 0.3 is 11.9 Å². The Morgan fingerprint density at radius 1 is 0.917 bits per heavy atom. The Kier molecular flexibility index (Phi) is 8.17. The Morgan fingerprint density at radius 2 is 1.61 bits per heavy atom. The molecule has 0 saturated heterocycles. The maximum atomic E-state index is 12.1. The monoisotopic (exact) mass is 501 g/mol. The van der Waals surface area contributed by atoms with E-state index in [1.54, 1.807) is 30.3 Å². The van der Waals surface area contributed by atoms with E-state index in [-0.39, 0.29) is 5.56 Å². The largest absolute Gasteiger partial charge is 0.480 e. The molecule has 0 radical (unpaired) electrons. The number of carbonyl (C=O) groups is 2. The van der Waals surface area contributed by atoms with Crippen LogP contribution in [0.3, 0.4) is 0 Å². The standard InChI is InChI=1S/C28H27N3O4S/c1-2-3-13-24-29-30-28(36-25(27(34)35)21-9-5-4-6-10-21)31(24)18-19-14-16-20(17-15-19)22-11-7-8-12-23(22)26(32)33/h4-12,14-17,25H,2-3,13,18H2,1H3,(H,32,33)(H,34,35). The fourth-order valence-corrected chi connectivity index (χ4v) is 4.96. The smallest absolute Gasteiger partial charge is 0.336 e. The highest BCUT2D eigenvalue weighted by molar-refractivity contribution is 8.00. The fourth-order valence-electron chi connectivity index (χ4n) is 3.97. The maximum absolute atomic E-state index is 12.1. The lowest BCUT2D eigenvalue weighted by molar-refractivity contribution is -0.136. The molecule has 0 spiro atoms. The average molecular weight is 502 g/mol. The summed E-state index contributed by atoms with van der Waals surface area (Å²) in [6.45, 7) is 2.59. The first-order valence-corrected chi connectivity index (χ1v) is 12.6. The van der Waals surface area contributed by atoms with Crippen LogP contribution in [-0.2, 0) is 17.8 Å². The molecule has 7 nitrogen and oxygen atoms in total. The summed E-state index contributed by atoms with van der Waals surface area (Å²) >= 11 is 1.18. The topological polar surface area (TPSA) is 105 Å². The summed E-state index contributed by atoms with van der Waals surface area (Å²) in [6.07, 6.45) is 2.71. The number of aliphatic carboxylic acids is 1. The number of aromatic carboxylic acids is 1. The van der Waals surface area contributed by atoms with Gasteiger partial charge in [-0.15, -0.1) is 10.2 Å². The number of aromatic nitrogens is 3. The van der Waals surface area contributed by atoms with E-state index in [0.717, 1.165) is 36.2 Å². The van der Waals surface area contributed by atoms with Gasteiger partial charge in [-0.25, -0.2) is 4.79 Å². The minimum Gasteiger partial charge on any atom is -0.480 e. The second kappa shape index (κ2) is 11.7. The zero-order valence-electron chi connectivity index (χ0n) is 19.9. The number of carboxylic acid groups (broad SMARTS) is 2. The molecule has 1 unspecified atom stereocenters. The van der Waals surface area contributed by atoms with Gasteiger partial charge < -0.3 is 14.8 Å². The third-order valence-corrected chi connectivity index (χ3v) is 7.08. The van der Waals surface area contributed by atoms with Crippen molar-refractivity contribution in [2.75, 3.05) is 0 Å². The predicted molar refractivity (Wildman–Crippen MR) is 139 cm³/mol. The Bertz CT molecular complexity index is 1340. The Hall–Kier alpha value is -3.91. The Morgan fingerprint density at radius 3 is 2.28 bits per heavy atom. The molecule has 184 valence electrons. The molecule has 3 aromatic carbocycles. The third kappa shape index (κ3) is 5.83. The van der Waals surface area contributed by atoms with Crippen molar-refractivity contribution >= 4 is 23.7 Å². The van der Waals surface area contributed by atoms with Crippen LogP contribution in [0.15, 0.2) is 84.0 Å². The minimum atomic E-state index is -0.965. The summed E-state index contributed by atoms with van der Waals surface area (Å²) in [7, 11) is 0. The lowest BCUT2D eigenvalue weighted by Gasteiger charge is -2.15. The van der Waals surface area contributed by atoms with E-state index < -0.39 is 17.2 Å². The molecule has 0 aliphatic rings. The van der Waals surface area contributed by atoms with Crippen LogP contribution in [0.5, 0.6) is 0 Å². The zero-order chi connectivity index (χ0) is 25.5. The number of unbranched alkanes of at least 4 members (excludes halogenated alkanes) is 1. The number of nitrogens with zero attached hydrogens (tertiary/aromatic N) is 3. The molecule has 0 fully saturated rings. The van der Waals surface area contributed by atoms with Crippen LogP contribution in [0.2, 0.25) is 0 Å². The van der Waals surface area contributed by atoms with Crippen molar-refractivity contribution in [3.05, 3.63) is 101 Å². The van der Waals surface area contributed by atoms with Crippen molar-refractivity contribution in [2.45, 2.75) is 43.1 Å². The van der Waals surface area contributed by atoms with Gasteiger partial charge in [-0.1, -0.05) is 97.9 Å². The number of rotatable bonds is 11. The first kappa shape index (κ1) is 25.2. The van der Waals surface area contributed by atoms with Crippen molar-refractivity contribution in [1.82, 2.24) is 14.8 Å². The van der Waals surface area contributed by atoms with Gasteiger partial charge in [-0.3, -0.25) is 4.79 Å². The molecule has 1 aromatic heterocycles. The van der Waals surface area contributed by atoms with Gasteiger partial charge in [0.05, 0.1) is 12.1 Å². The maximum Gasteiger partial charge on any atom is 0.336 e. The zero-order valence-corrected chi connectivity index (χ0v) is 20.7. The molecular weight excluding hydrogens is 474 g/mol. The van der Waals surface area contributed by atoms with Crippen LogP contribution in [0, 0.1) is 0 Å². The normalized spacial score (nSPS) is 11.8. The summed E-state index contributed by atoms with van der Waals surface area (Å²) in [5.41, 5.74) is 3.41. The summed E-state index contributed by atoms with van der Waals surface area (Å²) in [5, 5.41) is 27.9. The van der Waals surface area contributed by atoms with E-state index in [1.807, 2.05) is 53.1 Å². The fraction of sp³-hybridized carbons (Fsp3) is 0.214. The molecule has 0 aliphatic carbocycles. The van der Waals surface area contributed by atoms with E-state index in [4.69, 9.17) is 0 Å². The number of hydrogen-bond donors (Lipinski definition) is 2. The summed E-state index contributed by atoms with van der Waals surface area (Å²) in [5.74, 6) is -1.08. The number of aryl methyl sites for hydroxylation is 1. The first-order valence-electron chi connectivity index (χ1n) is 11.8. The van der Waals surface area contributed by atoms with Gasteiger partial charge in [0.25, 0.3) is 0 Å². The second-order valence-electron chi connectivity index (χ2n) is 8.38. The molecule has 0 bridgehead atoms. The Labute approximate surface area is 213 Å². The van der Waals surface area contributed by atoms with Crippen molar-refractivity contribution in [2.24, 2.45) is 0 Å². The quantitative estimate of drug-likeness (QED) is 0.245. The highest BCUT2D eigenvalue weighted by Gasteiger charge is 2.25. The SMILES string of the molecule is CCCCc1nnc(SC(C(=O)O)c2ccccc2)n1Cc1ccc(-c2ccccc2C(=O)O)cc1. The van der Waals surface area contributed by atoms with Crippen LogP contribution in [-0.4, -0.2) is 36.9 Å². The third-order valence-electron chi connectivity index (χ3n) is 5.86. The van der Waals surface area contributed by atoms with E-state index in [2.05, 4.69) is 17.1 Å². The second-order valence-corrected chi connectivity index (χ2v) is 9.46. The summed E-state index contributed by atoms with van der Waals surface area (Å²) in [6, 6.07) is 23.8. The summed E-state index contributed by atoms with van der Waals surface area (Å²) < 4.78 is 1.99. The van der Waals surface area contributed by atoms with Crippen molar-refractivity contribution in [3.63, 3.8) is 0 Å². The van der Waals surface area contributed by atoms with Gasteiger partial charge in [-0.05, 0) is 34.7 Å². The average Bonchev–Trinajstić information content (AvgIpc) is 3.27. The molecule has 1 heterocycles. The molecule has 0 saturated carbocycles. The molecule has 2 N–H and O–H groups in total. The van der Waals surface area contributed by atoms with E-state index >= 15 is 0 Å². The van der Waals surface area contributed by atoms with Crippen molar-refractivity contribution < 1.29 is 19.8 Å². The minimum absolute atomic E-state index is 0.255. The molecule has 1 atom stereocenters. The van der Waals surface area contributed by atoms with Crippen LogP contribution < -0.4 is 0 Å². The van der Waals surface area contributed by atoms with E-state index in [1.165, 1.54) is 11.8 Å². The number of hydrogen-bond acceptors (Lipinski definition) is 5. The Balaban J connectivity index is 1.63. The molecular formula is C28H27N3O4S. The number of carboxylic acids is 2. The van der Waals surface area contributed by atoms with Gasteiger partial charge in [0.15, 0.2) is 5.16 Å². The lowest BCUT2D eigenvalue weighted by atomic mass is 9.99. The van der Waals surface area contributed by atoms with E-state index in [0.29, 0.717) is 22.8 Å². The number of thioether (sulfide) groups is 1. The molecule has 0 amide bonds. The molecule has 8 heteroatoms. The predicted octanol–water partition coefficient (Wildman–Crippen LogP) is 5.95. The van der Waals surface area contributed by atoms with E-state index in [9.17, 15) is 19.8 Å². The lowest BCUT2D eigenvalue weighted by Crippen LogP contribution is -2.11. The molecule has 0 aliphatic heterocycles. The van der Waals surface area contributed by atoms with Crippen LogP contribution >= 0.6 is 11.8 Å². The molecule has 36 heavy (non-hydrogen) atoms. The van der Waals surface area contributed by atoms with Gasteiger partial charge in [0.2, 0.25) is 0 Å². The highest BCUT2D eigenvalue weighted by Crippen LogP contribution is 2.35. The van der Waals surface area contributed by atoms with Gasteiger partial charge in [-0.2, -0.15) is 0 Å². The van der Waals surface area contributed by atoms with Crippen LogP contribution in [0.4, 0.5) is 0 Å². The van der Waals surface area contributed by atoms with Gasteiger partial charge in [0, 0.05) is 6.42 Å². The number of benzene rings is 3. The molecule has 4 aromatic rings. The van der Waals surface area contributed by atoms with Crippen molar-refractivity contribution in [1.29, 1.82) is 0 Å². The highest BCUT2D eigenvalue weighted by atomic mass is 32.2. The van der Waals surface area contributed by atoms with Crippen LogP contribution in [0.1, 0.15) is 52.3 Å². The molecule has 4 rings (SSSR count). The van der Waals surface area contributed by atoms with Crippen molar-refractivity contribution in [3.8, 4) is 11.1 Å².